The van der Waals surface area contributed by atoms with Crippen LogP contribution in [0.5, 0.6) is 0 Å². The third-order valence-electron chi connectivity index (χ3n) is 1.75. The molecule has 1 N–H and O–H groups in total. The highest BCUT2D eigenvalue weighted by Crippen LogP contribution is 2.16. The summed E-state index contributed by atoms with van der Waals surface area (Å²) in [7, 11) is 0. The fourth-order valence-corrected chi connectivity index (χ4v) is 1.07. The molecular weight excluding hydrogens is 237 g/mol. The second-order valence-corrected chi connectivity index (χ2v) is 3.36. The molecule has 0 aliphatic rings. The minimum absolute atomic E-state index is 0.0572. The minimum atomic E-state index is -1.16. The van der Waals surface area contributed by atoms with Crippen LogP contribution in [0.1, 0.15) is 12.5 Å². The van der Waals surface area contributed by atoms with Gasteiger partial charge in [-0.15, -0.1) is 0 Å². The molecule has 1 atom stereocenters. The number of carbonyl (C=O) groups is 1. The molecule has 6 heteroatoms. The van der Waals surface area contributed by atoms with E-state index in [1.807, 2.05) is 0 Å². The van der Waals surface area contributed by atoms with Gasteiger partial charge in [0.2, 0.25) is 6.10 Å². The van der Waals surface area contributed by atoms with E-state index in [9.17, 15) is 9.18 Å². The molecule has 1 unspecified atom stereocenters. The maximum Gasteiger partial charge on any atom is 0.347 e. The summed E-state index contributed by atoms with van der Waals surface area (Å²) in [4.78, 5) is 14.9. The Balaban J connectivity index is 2.73. The van der Waals surface area contributed by atoms with E-state index < -0.39 is 17.9 Å². The summed E-state index contributed by atoms with van der Waals surface area (Å²) in [6.07, 6.45) is -0.0568. The lowest BCUT2D eigenvalue weighted by Gasteiger charge is -2.03. The lowest BCUT2D eigenvalue weighted by molar-refractivity contribution is -0.149. The van der Waals surface area contributed by atoms with E-state index in [4.69, 9.17) is 16.7 Å². The van der Waals surface area contributed by atoms with E-state index in [0.29, 0.717) is 0 Å². The van der Waals surface area contributed by atoms with Crippen LogP contribution in [-0.4, -0.2) is 23.4 Å². The molecule has 0 amide bonds. The number of hydrogen-bond acceptors (Lipinski definition) is 3. The monoisotopic (exact) mass is 245 g/mol. The Morgan fingerprint density at radius 2 is 2.38 bits per heavy atom. The lowest BCUT2D eigenvalue weighted by Crippen LogP contribution is -2.17. The van der Waals surface area contributed by atoms with E-state index >= 15 is 0 Å². The van der Waals surface area contributed by atoms with Gasteiger partial charge in [0.1, 0.15) is 5.82 Å². The largest absolute Gasteiger partial charge is 0.478 e. The van der Waals surface area contributed by atoms with Crippen LogP contribution in [-0.2, 0) is 9.63 Å². The van der Waals surface area contributed by atoms with Crippen LogP contribution in [0, 0.1) is 5.82 Å². The molecule has 1 rings (SSSR count). The van der Waals surface area contributed by atoms with Gasteiger partial charge in [-0.3, -0.25) is 0 Å². The van der Waals surface area contributed by atoms with Crippen LogP contribution < -0.4 is 0 Å². The zero-order chi connectivity index (χ0) is 12.1. The maximum absolute atomic E-state index is 13.2. The van der Waals surface area contributed by atoms with Crippen molar-refractivity contribution in [2.45, 2.75) is 13.0 Å². The summed E-state index contributed by atoms with van der Waals surface area (Å²) in [6.45, 7) is 1.31. The number of carboxylic acids is 1. The standard InChI is InChI=1S/C10H9ClFNO3/c1-6(10(14)15)16-13-5-7-8(11)3-2-4-9(7)12/h2-6H,1H3,(H,14,15)/b13-5+. The third-order valence-corrected chi connectivity index (χ3v) is 2.08. The summed E-state index contributed by atoms with van der Waals surface area (Å²) in [5.74, 6) is -1.71. The van der Waals surface area contributed by atoms with Crippen molar-refractivity contribution < 1.29 is 19.1 Å². The van der Waals surface area contributed by atoms with Crippen LogP contribution in [0.3, 0.4) is 0 Å². The SMILES string of the molecule is CC(O/N=C/c1c(F)cccc1Cl)C(=O)O. The van der Waals surface area contributed by atoms with Gasteiger partial charge in [-0.1, -0.05) is 22.8 Å². The first-order valence-corrected chi connectivity index (χ1v) is 4.76. The Morgan fingerprint density at radius 1 is 1.69 bits per heavy atom. The normalized spacial score (nSPS) is 12.7. The highest BCUT2D eigenvalue weighted by molar-refractivity contribution is 6.33. The summed E-state index contributed by atoms with van der Waals surface area (Å²) < 4.78 is 13.2. The molecule has 0 bridgehead atoms. The van der Waals surface area contributed by atoms with E-state index in [1.165, 1.54) is 25.1 Å². The molecule has 0 aromatic heterocycles. The van der Waals surface area contributed by atoms with Gasteiger partial charge in [0.05, 0.1) is 16.8 Å². The first-order chi connectivity index (χ1) is 7.52. The molecule has 0 spiro atoms. The van der Waals surface area contributed by atoms with E-state index in [-0.39, 0.29) is 10.6 Å². The molecule has 0 saturated heterocycles. The Hall–Kier alpha value is -1.62. The predicted octanol–water partition coefficient (Wildman–Crippen LogP) is 2.30. The van der Waals surface area contributed by atoms with Gasteiger partial charge in [-0.05, 0) is 19.1 Å². The zero-order valence-electron chi connectivity index (χ0n) is 8.35. The number of aliphatic carboxylic acids is 1. The number of halogens is 2. The van der Waals surface area contributed by atoms with E-state index in [0.717, 1.165) is 6.21 Å². The maximum atomic E-state index is 13.2. The van der Waals surface area contributed by atoms with Crippen molar-refractivity contribution in [3.8, 4) is 0 Å². The highest BCUT2D eigenvalue weighted by Gasteiger charge is 2.11. The summed E-state index contributed by atoms with van der Waals surface area (Å²) in [5, 5.41) is 12.0. The van der Waals surface area contributed by atoms with Crippen molar-refractivity contribution in [2.75, 3.05) is 0 Å². The molecule has 86 valence electrons. The number of hydrogen-bond donors (Lipinski definition) is 1. The molecule has 0 radical (unpaired) electrons. The molecule has 0 fully saturated rings. The van der Waals surface area contributed by atoms with Crippen LogP contribution in [0.15, 0.2) is 23.4 Å². The predicted molar refractivity (Wildman–Crippen MR) is 57.2 cm³/mol. The van der Waals surface area contributed by atoms with Crippen molar-refractivity contribution in [1.29, 1.82) is 0 Å². The second-order valence-electron chi connectivity index (χ2n) is 2.96. The quantitative estimate of drug-likeness (QED) is 0.654. The Morgan fingerprint density at radius 3 is 2.94 bits per heavy atom. The lowest BCUT2D eigenvalue weighted by atomic mass is 10.2. The molecule has 0 aliphatic heterocycles. The molecule has 1 aromatic carbocycles. The Kier molecular flexibility index (Phi) is 4.25. The summed E-state index contributed by atoms with van der Waals surface area (Å²) in [6, 6.07) is 4.16. The summed E-state index contributed by atoms with van der Waals surface area (Å²) in [5.41, 5.74) is 0.0572. The van der Waals surface area contributed by atoms with Crippen LogP contribution in [0.2, 0.25) is 5.02 Å². The highest BCUT2D eigenvalue weighted by atomic mass is 35.5. The first-order valence-electron chi connectivity index (χ1n) is 4.38. The van der Waals surface area contributed by atoms with Crippen molar-refractivity contribution in [2.24, 2.45) is 5.16 Å². The van der Waals surface area contributed by atoms with Crippen molar-refractivity contribution in [3.63, 3.8) is 0 Å². The molecule has 0 saturated carbocycles. The second kappa shape index (κ2) is 5.46. The van der Waals surface area contributed by atoms with E-state index in [1.54, 1.807) is 0 Å². The number of benzene rings is 1. The van der Waals surface area contributed by atoms with E-state index in [2.05, 4.69) is 9.99 Å². The van der Waals surface area contributed by atoms with Crippen molar-refractivity contribution in [1.82, 2.24) is 0 Å². The van der Waals surface area contributed by atoms with Gasteiger partial charge < -0.3 is 9.94 Å². The number of rotatable bonds is 4. The molecule has 4 nitrogen and oxygen atoms in total. The van der Waals surface area contributed by atoms with Gasteiger partial charge in [0.25, 0.3) is 0 Å². The third kappa shape index (κ3) is 3.20. The molecular formula is C10H9ClFNO3. The molecule has 0 heterocycles. The topological polar surface area (TPSA) is 58.9 Å². The van der Waals surface area contributed by atoms with Gasteiger partial charge in [0, 0.05) is 0 Å². The molecule has 0 aliphatic carbocycles. The fourth-order valence-electron chi connectivity index (χ4n) is 0.854. The Bertz CT molecular complexity index is 402. The fraction of sp³-hybridized carbons (Fsp3) is 0.200. The van der Waals surface area contributed by atoms with Gasteiger partial charge >= 0.3 is 5.97 Å². The molecule has 16 heavy (non-hydrogen) atoms. The van der Waals surface area contributed by atoms with Crippen molar-refractivity contribution >= 4 is 23.8 Å². The van der Waals surface area contributed by atoms with Gasteiger partial charge in [0.15, 0.2) is 0 Å². The van der Waals surface area contributed by atoms with Gasteiger partial charge in [-0.2, -0.15) is 0 Å². The Labute approximate surface area is 96.3 Å². The van der Waals surface area contributed by atoms with Gasteiger partial charge in [-0.25, -0.2) is 9.18 Å². The zero-order valence-corrected chi connectivity index (χ0v) is 9.11. The summed E-state index contributed by atoms with van der Waals surface area (Å²) >= 11 is 5.70. The molecule has 1 aromatic rings. The number of carboxylic acid groups (broad SMARTS) is 1. The van der Waals surface area contributed by atoms with Crippen LogP contribution >= 0.6 is 11.6 Å². The average Bonchev–Trinajstić information content (AvgIpc) is 2.22. The first kappa shape index (κ1) is 12.4. The minimum Gasteiger partial charge on any atom is -0.478 e. The van der Waals surface area contributed by atoms with Crippen LogP contribution in [0.25, 0.3) is 0 Å². The number of nitrogens with zero attached hydrogens (tertiary/aromatic N) is 1. The van der Waals surface area contributed by atoms with Crippen LogP contribution in [0.4, 0.5) is 4.39 Å². The smallest absolute Gasteiger partial charge is 0.347 e. The average molecular weight is 246 g/mol. The number of oxime groups is 1. The van der Waals surface area contributed by atoms with Crippen molar-refractivity contribution in [3.05, 3.63) is 34.6 Å².